The molecule has 7 heteroatoms. The highest BCUT2D eigenvalue weighted by Gasteiger charge is 2.28. The molecular formula is C10H7F5N2. The maximum Gasteiger partial charge on any atom is 0.401 e. The Kier molecular flexibility index (Phi) is 4.02. The van der Waals surface area contributed by atoms with Gasteiger partial charge in [0, 0.05) is 6.07 Å². The number of benzene rings is 1. The number of alkyl halides is 3. The average molecular weight is 250 g/mol. The van der Waals surface area contributed by atoms with E-state index in [9.17, 15) is 22.0 Å². The van der Waals surface area contributed by atoms with Crippen molar-refractivity contribution in [3.05, 3.63) is 35.4 Å². The smallest absolute Gasteiger partial charge is 0.290 e. The van der Waals surface area contributed by atoms with Gasteiger partial charge in [0.2, 0.25) is 0 Å². The van der Waals surface area contributed by atoms with Gasteiger partial charge in [-0.1, -0.05) is 0 Å². The molecule has 0 amide bonds. The molecule has 1 aromatic rings. The standard InChI is InChI=1S/C10H7F5N2/c11-7-1-6(2-8(12)3-7)9(4-16)17-5-10(13,14)15/h1-3,9,17H,5H2. The van der Waals surface area contributed by atoms with Crippen molar-refractivity contribution in [2.75, 3.05) is 6.54 Å². The van der Waals surface area contributed by atoms with Crippen molar-refractivity contribution in [3.8, 4) is 6.07 Å². The molecule has 0 aliphatic carbocycles. The topological polar surface area (TPSA) is 35.8 Å². The van der Waals surface area contributed by atoms with E-state index in [0.29, 0.717) is 6.07 Å². The summed E-state index contributed by atoms with van der Waals surface area (Å²) in [6, 6.07) is 2.27. The highest BCUT2D eigenvalue weighted by molar-refractivity contribution is 5.25. The van der Waals surface area contributed by atoms with Gasteiger partial charge in [0.05, 0.1) is 12.6 Å². The Morgan fingerprint density at radius 2 is 1.71 bits per heavy atom. The van der Waals surface area contributed by atoms with Crippen LogP contribution in [0.5, 0.6) is 0 Å². The molecule has 0 bridgehead atoms. The quantitative estimate of drug-likeness (QED) is 0.837. The van der Waals surface area contributed by atoms with E-state index in [1.807, 2.05) is 5.32 Å². The maximum atomic E-state index is 12.8. The second-order valence-corrected chi connectivity index (χ2v) is 3.26. The summed E-state index contributed by atoms with van der Waals surface area (Å²) in [7, 11) is 0. The van der Waals surface area contributed by atoms with Crippen LogP contribution >= 0.6 is 0 Å². The van der Waals surface area contributed by atoms with Gasteiger partial charge in [-0.3, -0.25) is 5.32 Å². The lowest BCUT2D eigenvalue weighted by Crippen LogP contribution is -2.31. The minimum absolute atomic E-state index is 0.186. The molecule has 0 heterocycles. The molecule has 0 fully saturated rings. The molecular weight excluding hydrogens is 243 g/mol. The summed E-state index contributed by atoms with van der Waals surface area (Å²) in [4.78, 5) is 0. The van der Waals surface area contributed by atoms with Crippen molar-refractivity contribution in [2.45, 2.75) is 12.2 Å². The molecule has 2 nitrogen and oxygen atoms in total. The van der Waals surface area contributed by atoms with E-state index in [-0.39, 0.29) is 5.56 Å². The summed E-state index contributed by atoms with van der Waals surface area (Å²) in [6.07, 6.45) is -4.50. The predicted molar refractivity (Wildman–Crippen MR) is 48.8 cm³/mol. The van der Waals surface area contributed by atoms with Gasteiger partial charge in [0.25, 0.3) is 0 Å². The summed E-state index contributed by atoms with van der Waals surface area (Å²) in [5.41, 5.74) is -0.186. The lowest BCUT2D eigenvalue weighted by molar-refractivity contribution is -0.125. The molecule has 1 atom stereocenters. The molecule has 1 unspecified atom stereocenters. The van der Waals surface area contributed by atoms with E-state index < -0.39 is 30.4 Å². The first-order valence-electron chi connectivity index (χ1n) is 4.47. The van der Waals surface area contributed by atoms with E-state index >= 15 is 0 Å². The van der Waals surface area contributed by atoms with Crippen LogP contribution in [0.4, 0.5) is 22.0 Å². The second-order valence-electron chi connectivity index (χ2n) is 3.26. The van der Waals surface area contributed by atoms with Gasteiger partial charge >= 0.3 is 6.18 Å². The summed E-state index contributed by atoms with van der Waals surface area (Å²) < 4.78 is 61.3. The molecule has 17 heavy (non-hydrogen) atoms. The van der Waals surface area contributed by atoms with Crippen molar-refractivity contribution in [2.24, 2.45) is 0 Å². The van der Waals surface area contributed by atoms with Crippen molar-refractivity contribution in [1.29, 1.82) is 5.26 Å². The maximum absolute atomic E-state index is 12.8. The van der Waals surface area contributed by atoms with Crippen LogP contribution in [0.1, 0.15) is 11.6 Å². The first-order chi connectivity index (χ1) is 7.81. The first-order valence-corrected chi connectivity index (χ1v) is 4.47. The monoisotopic (exact) mass is 250 g/mol. The Bertz CT molecular complexity index is 415. The van der Waals surface area contributed by atoms with Crippen molar-refractivity contribution in [3.63, 3.8) is 0 Å². The highest BCUT2D eigenvalue weighted by atomic mass is 19.4. The fourth-order valence-electron chi connectivity index (χ4n) is 1.20. The molecule has 0 saturated carbocycles. The van der Waals surface area contributed by atoms with Crippen LogP contribution in [0.25, 0.3) is 0 Å². The lowest BCUT2D eigenvalue weighted by Gasteiger charge is -2.13. The van der Waals surface area contributed by atoms with E-state index in [1.54, 1.807) is 0 Å². The minimum atomic E-state index is -4.50. The van der Waals surface area contributed by atoms with Crippen LogP contribution in [0, 0.1) is 23.0 Å². The third kappa shape index (κ3) is 4.36. The molecule has 0 aliphatic rings. The highest BCUT2D eigenvalue weighted by Crippen LogP contribution is 2.18. The van der Waals surface area contributed by atoms with Crippen LogP contribution in [0.15, 0.2) is 18.2 Å². The number of nitriles is 1. The van der Waals surface area contributed by atoms with Gasteiger partial charge in [-0.15, -0.1) is 0 Å². The Balaban J connectivity index is 2.84. The number of nitrogens with zero attached hydrogens (tertiary/aromatic N) is 1. The largest absolute Gasteiger partial charge is 0.401 e. The molecule has 1 rings (SSSR count). The number of hydrogen-bond acceptors (Lipinski definition) is 2. The fraction of sp³-hybridized carbons (Fsp3) is 0.300. The van der Waals surface area contributed by atoms with E-state index in [0.717, 1.165) is 12.1 Å². The predicted octanol–water partition coefficient (Wildman–Crippen LogP) is 2.68. The number of halogens is 5. The zero-order valence-electron chi connectivity index (χ0n) is 8.35. The third-order valence-electron chi connectivity index (χ3n) is 1.85. The normalized spacial score (nSPS) is 13.2. The molecule has 1 N–H and O–H groups in total. The molecule has 1 aromatic carbocycles. The Labute approximate surface area is 93.7 Å². The summed E-state index contributed by atoms with van der Waals surface area (Å²) >= 11 is 0. The fourth-order valence-corrected chi connectivity index (χ4v) is 1.20. The Morgan fingerprint density at radius 3 is 2.12 bits per heavy atom. The van der Waals surface area contributed by atoms with Crippen molar-refractivity contribution in [1.82, 2.24) is 5.32 Å². The van der Waals surface area contributed by atoms with Gasteiger partial charge < -0.3 is 0 Å². The molecule has 0 aromatic heterocycles. The van der Waals surface area contributed by atoms with E-state index in [1.165, 1.54) is 6.07 Å². The van der Waals surface area contributed by atoms with Crippen LogP contribution in [0.3, 0.4) is 0 Å². The average Bonchev–Trinajstić information content (AvgIpc) is 2.15. The number of rotatable bonds is 3. The van der Waals surface area contributed by atoms with Crippen LogP contribution in [-0.2, 0) is 0 Å². The second kappa shape index (κ2) is 5.10. The first kappa shape index (κ1) is 13.4. The zero-order chi connectivity index (χ0) is 13.1. The molecule has 92 valence electrons. The Morgan fingerprint density at radius 1 is 1.18 bits per heavy atom. The van der Waals surface area contributed by atoms with Crippen LogP contribution in [-0.4, -0.2) is 12.7 Å². The molecule has 0 radical (unpaired) electrons. The van der Waals surface area contributed by atoms with E-state index in [4.69, 9.17) is 5.26 Å². The molecule has 0 aliphatic heterocycles. The lowest BCUT2D eigenvalue weighted by atomic mass is 10.1. The summed E-state index contributed by atoms with van der Waals surface area (Å²) in [5.74, 6) is -1.90. The Hall–Kier alpha value is -1.68. The van der Waals surface area contributed by atoms with Crippen LogP contribution < -0.4 is 5.32 Å². The van der Waals surface area contributed by atoms with Gasteiger partial charge in [-0.2, -0.15) is 18.4 Å². The van der Waals surface area contributed by atoms with Gasteiger partial charge in [-0.25, -0.2) is 8.78 Å². The number of nitrogens with one attached hydrogen (secondary N) is 1. The van der Waals surface area contributed by atoms with Crippen molar-refractivity contribution >= 4 is 0 Å². The molecule has 0 spiro atoms. The van der Waals surface area contributed by atoms with Gasteiger partial charge in [-0.05, 0) is 17.7 Å². The van der Waals surface area contributed by atoms with Crippen LogP contribution in [0.2, 0.25) is 0 Å². The number of hydrogen-bond donors (Lipinski definition) is 1. The zero-order valence-corrected chi connectivity index (χ0v) is 8.35. The van der Waals surface area contributed by atoms with Crippen molar-refractivity contribution < 1.29 is 22.0 Å². The van der Waals surface area contributed by atoms with E-state index in [2.05, 4.69) is 0 Å². The van der Waals surface area contributed by atoms with Gasteiger partial charge in [0.1, 0.15) is 17.7 Å². The SMILES string of the molecule is N#CC(NCC(F)(F)F)c1cc(F)cc(F)c1. The summed E-state index contributed by atoms with van der Waals surface area (Å²) in [5, 5.41) is 10.5. The third-order valence-corrected chi connectivity index (χ3v) is 1.85. The minimum Gasteiger partial charge on any atom is -0.290 e. The van der Waals surface area contributed by atoms with Gasteiger partial charge in [0.15, 0.2) is 0 Å². The molecule has 0 saturated heterocycles. The summed E-state index contributed by atoms with van der Waals surface area (Å²) in [6.45, 7) is -1.41.